The predicted molar refractivity (Wildman–Crippen MR) is 63.4 cm³/mol. The number of nitrogens with two attached hydrogens (primary N) is 1. The summed E-state index contributed by atoms with van der Waals surface area (Å²) in [5.41, 5.74) is 5.58. The van der Waals surface area contributed by atoms with E-state index in [9.17, 15) is 4.79 Å². The molecule has 0 bridgehead atoms. The molecule has 1 amide bonds. The Morgan fingerprint density at radius 3 is 2.93 bits per heavy atom. The molecule has 1 atom stereocenters. The Morgan fingerprint density at radius 2 is 2.36 bits per heavy atom. The minimum absolute atomic E-state index is 0.0750. The number of hydrogen-bond acceptors (Lipinski definition) is 3. The number of amides is 1. The van der Waals surface area contributed by atoms with Crippen LogP contribution in [0.2, 0.25) is 0 Å². The molecule has 0 rings (SSSR count). The lowest BCUT2D eigenvalue weighted by Gasteiger charge is -2.09. The second-order valence-corrected chi connectivity index (χ2v) is 4.11. The highest BCUT2D eigenvalue weighted by molar-refractivity contribution is 7.98. The van der Waals surface area contributed by atoms with Crippen molar-refractivity contribution in [2.24, 2.45) is 5.73 Å². The normalized spacial score (nSPS) is 12.1. The van der Waals surface area contributed by atoms with Crippen LogP contribution in [0.1, 0.15) is 19.3 Å². The second-order valence-electron chi connectivity index (χ2n) is 3.12. The van der Waals surface area contributed by atoms with E-state index in [0.29, 0.717) is 6.42 Å². The van der Waals surface area contributed by atoms with E-state index >= 15 is 0 Å². The average Bonchev–Trinajstić information content (AvgIpc) is 2.17. The molecule has 0 aromatic carbocycles. The molecule has 0 aromatic rings. The Bertz CT molecular complexity index is 174. The number of unbranched alkanes of at least 4 members (excludes halogenated alkanes) is 1. The SMILES string of the molecule is C=CCC(N)C(=O)NCCCCSC. The van der Waals surface area contributed by atoms with E-state index in [-0.39, 0.29) is 5.91 Å². The second kappa shape index (κ2) is 9.09. The Balaban J connectivity index is 3.38. The Hall–Kier alpha value is -0.480. The highest BCUT2D eigenvalue weighted by atomic mass is 32.2. The maximum atomic E-state index is 11.3. The van der Waals surface area contributed by atoms with Gasteiger partial charge in [-0.05, 0) is 31.3 Å². The lowest BCUT2D eigenvalue weighted by Crippen LogP contribution is -2.40. The highest BCUT2D eigenvalue weighted by Gasteiger charge is 2.09. The number of carbonyl (C=O) groups excluding carboxylic acids is 1. The first-order valence-corrected chi connectivity index (χ1v) is 6.25. The van der Waals surface area contributed by atoms with Crippen LogP contribution in [-0.2, 0) is 4.79 Å². The Morgan fingerprint density at radius 1 is 1.64 bits per heavy atom. The fraction of sp³-hybridized carbons (Fsp3) is 0.700. The molecule has 0 fully saturated rings. The van der Waals surface area contributed by atoms with Crippen LogP contribution >= 0.6 is 11.8 Å². The van der Waals surface area contributed by atoms with Gasteiger partial charge in [0.25, 0.3) is 0 Å². The van der Waals surface area contributed by atoms with Crippen LogP contribution in [0.3, 0.4) is 0 Å². The summed E-state index contributed by atoms with van der Waals surface area (Å²) in [5, 5.41) is 2.81. The van der Waals surface area contributed by atoms with Crippen molar-refractivity contribution in [3.8, 4) is 0 Å². The van der Waals surface area contributed by atoms with Crippen molar-refractivity contribution in [1.82, 2.24) is 5.32 Å². The lowest BCUT2D eigenvalue weighted by atomic mass is 10.2. The zero-order chi connectivity index (χ0) is 10.8. The van der Waals surface area contributed by atoms with E-state index in [4.69, 9.17) is 5.73 Å². The molecule has 0 saturated carbocycles. The molecule has 3 nitrogen and oxygen atoms in total. The molecule has 0 aliphatic rings. The van der Waals surface area contributed by atoms with Crippen molar-refractivity contribution in [3.63, 3.8) is 0 Å². The molecule has 0 heterocycles. The molecule has 4 heteroatoms. The van der Waals surface area contributed by atoms with Crippen LogP contribution in [0.25, 0.3) is 0 Å². The molecule has 14 heavy (non-hydrogen) atoms. The smallest absolute Gasteiger partial charge is 0.237 e. The van der Waals surface area contributed by atoms with Gasteiger partial charge in [-0.3, -0.25) is 4.79 Å². The Kier molecular flexibility index (Phi) is 8.78. The first kappa shape index (κ1) is 13.5. The standard InChI is InChI=1S/C10H20N2OS/c1-3-6-9(11)10(13)12-7-4-5-8-14-2/h3,9H,1,4-8,11H2,2H3,(H,12,13). The van der Waals surface area contributed by atoms with Gasteiger partial charge in [0.2, 0.25) is 5.91 Å². The van der Waals surface area contributed by atoms with Crippen molar-refractivity contribution in [3.05, 3.63) is 12.7 Å². The van der Waals surface area contributed by atoms with Crippen molar-refractivity contribution < 1.29 is 4.79 Å². The van der Waals surface area contributed by atoms with Gasteiger partial charge in [0.15, 0.2) is 0 Å². The van der Waals surface area contributed by atoms with Crippen LogP contribution in [0, 0.1) is 0 Å². The molecule has 0 aromatic heterocycles. The van der Waals surface area contributed by atoms with E-state index in [1.807, 2.05) is 11.8 Å². The summed E-state index contributed by atoms with van der Waals surface area (Å²) in [6, 6.07) is -0.437. The monoisotopic (exact) mass is 216 g/mol. The third kappa shape index (κ3) is 6.97. The van der Waals surface area contributed by atoms with Gasteiger partial charge >= 0.3 is 0 Å². The molecule has 0 saturated heterocycles. The third-order valence-corrected chi connectivity index (χ3v) is 2.53. The molecule has 1 unspecified atom stereocenters. The van der Waals surface area contributed by atoms with Gasteiger partial charge in [0, 0.05) is 6.54 Å². The summed E-state index contributed by atoms with van der Waals surface area (Å²) >= 11 is 1.82. The van der Waals surface area contributed by atoms with Crippen molar-refractivity contribution in [1.29, 1.82) is 0 Å². The summed E-state index contributed by atoms with van der Waals surface area (Å²) in [7, 11) is 0. The van der Waals surface area contributed by atoms with E-state index in [2.05, 4.69) is 18.2 Å². The molecule has 0 aliphatic heterocycles. The fourth-order valence-electron chi connectivity index (χ4n) is 1.00. The largest absolute Gasteiger partial charge is 0.355 e. The van der Waals surface area contributed by atoms with Gasteiger partial charge in [0.05, 0.1) is 6.04 Å². The molecule has 0 radical (unpaired) electrons. The van der Waals surface area contributed by atoms with E-state index in [1.54, 1.807) is 6.08 Å². The molecule has 3 N–H and O–H groups in total. The summed E-state index contributed by atoms with van der Waals surface area (Å²) < 4.78 is 0. The number of rotatable bonds is 8. The van der Waals surface area contributed by atoms with Crippen molar-refractivity contribution in [2.75, 3.05) is 18.6 Å². The topological polar surface area (TPSA) is 55.1 Å². The maximum Gasteiger partial charge on any atom is 0.237 e. The maximum absolute atomic E-state index is 11.3. The van der Waals surface area contributed by atoms with E-state index in [1.165, 1.54) is 0 Å². The zero-order valence-corrected chi connectivity index (χ0v) is 9.61. The van der Waals surface area contributed by atoms with Crippen LogP contribution in [0.4, 0.5) is 0 Å². The van der Waals surface area contributed by atoms with E-state index < -0.39 is 6.04 Å². The van der Waals surface area contributed by atoms with Crippen LogP contribution in [0.5, 0.6) is 0 Å². The predicted octanol–water partition coefficient (Wildman–Crippen LogP) is 1.15. The number of hydrogen-bond donors (Lipinski definition) is 2. The minimum Gasteiger partial charge on any atom is -0.355 e. The fourth-order valence-corrected chi connectivity index (χ4v) is 1.49. The van der Waals surface area contributed by atoms with Crippen LogP contribution in [0.15, 0.2) is 12.7 Å². The third-order valence-electron chi connectivity index (χ3n) is 1.83. The van der Waals surface area contributed by atoms with Gasteiger partial charge in [-0.2, -0.15) is 11.8 Å². The molecule has 0 spiro atoms. The van der Waals surface area contributed by atoms with Gasteiger partial charge in [-0.25, -0.2) is 0 Å². The average molecular weight is 216 g/mol. The van der Waals surface area contributed by atoms with Crippen LogP contribution < -0.4 is 11.1 Å². The zero-order valence-electron chi connectivity index (χ0n) is 8.79. The molecular weight excluding hydrogens is 196 g/mol. The number of nitrogens with one attached hydrogen (secondary N) is 1. The number of carbonyl (C=O) groups is 1. The molecule has 0 aliphatic carbocycles. The molecule has 82 valence electrons. The van der Waals surface area contributed by atoms with E-state index in [0.717, 1.165) is 25.1 Å². The van der Waals surface area contributed by atoms with Gasteiger partial charge in [-0.15, -0.1) is 6.58 Å². The molecular formula is C10H20N2OS. The Labute approximate surface area is 90.5 Å². The van der Waals surface area contributed by atoms with Crippen molar-refractivity contribution in [2.45, 2.75) is 25.3 Å². The summed E-state index contributed by atoms with van der Waals surface area (Å²) in [6.07, 6.45) is 6.44. The van der Waals surface area contributed by atoms with Gasteiger partial charge in [-0.1, -0.05) is 6.08 Å². The number of thioether (sulfide) groups is 1. The van der Waals surface area contributed by atoms with Crippen LogP contribution in [-0.4, -0.2) is 30.5 Å². The van der Waals surface area contributed by atoms with Gasteiger partial charge < -0.3 is 11.1 Å². The summed E-state index contributed by atoms with van der Waals surface area (Å²) in [6.45, 7) is 4.27. The summed E-state index contributed by atoms with van der Waals surface area (Å²) in [4.78, 5) is 11.3. The minimum atomic E-state index is -0.437. The quantitative estimate of drug-likeness (QED) is 0.473. The van der Waals surface area contributed by atoms with Gasteiger partial charge in [0.1, 0.15) is 0 Å². The lowest BCUT2D eigenvalue weighted by molar-refractivity contribution is -0.122. The van der Waals surface area contributed by atoms with Crippen molar-refractivity contribution >= 4 is 17.7 Å². The first-order valence-electron chi connectivity index (χ1n) is 4.85. The highest BCUT2D eigenvalue weighted by Crippen LogP contribution is 1.98. The summed E-state index contributed by atoms with van der Waals surface area (Å²) in [5.74, 6) is 1.07. The first-order chi connectivity index (χ1) is 6.72.